The third-order valence-electron chi connectivity index (χ3n) is 2.53. The Morgan fingerprint density at radius 3 is 2.69 bits per heavy atom. The molecule has 0 aliphatic heterocycles. The Morgan fingerprint density at radius 2 is 2.12 bits per heavy atom. The summed E-state index contributed by atoms with van der Waals surface area (Å²) in [6.07, 6.45) is -0.449. The van der Waals surface area contributed by atoms with Crippen LogP contribution in [0.1, 0.15) is 18.5 Å². The van der Waals surface area contributed by atoms with Crippen LogP contribution in [0.25, 0.3) is 0 Å². The zero-order chi connectivity index (χ0) is 12.1. The summed E-state index contributed by atoms with van der Waals surface area (Å²) in [5.41, 5.74) is 1.12. The highest BCUT2D eigenvalue weighted by atomic mass is 16.5. The lowest BCUT2D eigenvalue weighted by atomic mass is 10.1. The third-order valence-corrected chi connectivity index (χ3v) is 2.53. The van der Waals surface area contributed by atoms with Crippen molar-refractivity contribution >= 4 is 6.09 Å². The highest BCUT2D eigenvalue weighted by Crippen LogP contribution is 2.21. The van der Waals surface area contributed by atoms with Crippen molar-refractivity contribution in [1.82, 2.24) is 10.2 Å². The van der Waals surface area contributed by atoms with Crippen LogP contribution in [0.15, 0.2) is 24.3 Å². The predicted octanol–water partition coefficient (Wildman–Crippen LogP) is 2.03. The fourth-order valence-electron chi connectivity index (χ4n) is 1.29. The second-order valence-corrected chi connectivity index (χ2v) is 3.85. The van der Waals surface area contributed by atoms with E-state index in [0.717, 1.165) is 5.56 Å². The minimum Gasteiger partial charge on any atom is -0.410 e. The molecule has 0 radical (unpaired) electrons. The molecule has 1 aromatic rings. The van der Waals surface area contributed by atoms with Crippen molar-refractivity contribution in [3.63, 3.8) is 0 Å². The SMILES string of the molecule is CNC(=O)Oc1cccc([C@@H](C)N(C)C)c1. The molecule has 1 atom stereocenters. The van der Waals surface area contributed by atoms with Gasteiger partial charge in [-0.25, -0.2) is 4.79 Å². The van der Waals surface area contributed by atoms with Crippen molar-refractivity contribution in [3.05, 3.63) is 29.8 Å². The molecule has 16 heavy (non-hydrogen) atoms. The Morgan fingerprint density at radius 1 is 1.44 bits per heavy atom. The van der Waals surface area contributed by atoms with Crippen molar-refractivity contribution in [1.29, 1.82) is 0 Å². The minimum atomic E-state index is -0.449. The van der Waals surface area contributed by atoms with Crippen molar-refractivity contribution in [2.24, 2.45) is 0 Å². The van der Waals surface area contributed by atoms with E-state index in [1.165, 1.54) is 7.05 Å². The van der Waals surface area contributed by atoms with Crippen molar-refractivity contribution in [2.75, 3.05) is 21.1 Å². The molecule has 0 bridgehead atoms. The molecule has 1 aromatic carbocycles. The topological polar surface area (TPSA) is 41.6 Å². The monoisotopic (exact) mass is 222 g/mol. The number of carbonyl (C=O) groups excluding carboxylic acids is 1. The lowest BCUT2D eigenvalue weighted by Gasteiger charge is -2.20. The summed E-state index contributed by atoms with van der Waals surface area (Å²) in [6.45, 7) is 2.10. The Kier molecular flexibility index (Phi) is 4.31. The van der Waals surface area contributed by atoms with Crippen LogP contribution < -0.4 is 10.1 Å². The molecule has 0 aliphatic carbocycles. The maximum atomic E-state index is 11.1. The van der Waals surface area contributed by atoms with Gasteiger partial charge in [-0.05, 0) is 38.7 Å². The first-order valence-electron chi connectivity index (χ1n) is 5.20. The normalized spacial score (nSPS) is 12.3. The minimum absolute atomic E-state index is 0.285. The number of ether oxygens (including phenoxy) is 1. The number of hydrogen-bond acceptors (Lipinski definition) is 3. The first kappa shape index (κ1) is 12.5. The number of carbonyl (C=O) groups is 1. The summed E-state index contributed by atoms with van der Waals surface area (Å²) in [6, 6.07) is 7.82. The molecule has 0 spiro atoms. The highest BCUT2D eigenvalue weighted by molar-refractivity contribution is 5.69. The van der Waals surface area contributed by atoms with Gasteiger partial charge in [-0.2, -0.15) is 0 Å². The predicted molar refractivity (Wildman–Crippen MR) is 63.6 cm³/mol. The summed E-state index contributed by atoms with van der Waals surface area (Å²) in [5, 5.41) is 2.41. The van der Waals surface area contributed by atoms with E-state index in [1.807, 2.05) is 32.3 Å². The molecule has 0 heterocycles. The average Bonchev–Trinajstić information content (AvgIpc) is 2.28. The number of nitrogens with zero attached hydrogens (tertiary/aromatic N) is 1. The molecule has 0 unspecified atom stereocenters. The van der Waals surface area contributed by atoms with E-state index in [0.29, 0.717) is 5.75 Å². The summed E-state index contributed by atoms with van der Waals surface area (Å²) in [4.78, 5) is 13.1. The number of amides is 1. The lowest BCUT2D eigenvalue weighted by Crippen LogP contribution is -2.22. The average molecular weight is 222 g/mol. The van der Waals surface area contributed by atoms with Crippen molar-refractivity contribution in [3.8, 4) is 5.75 Å². The van der Waals surface area contributed by atoms with E-state index in [2.05, 4.69) is 17.1 Å². The molecule has 0 aromatic heterocycles. The van der Waals surface area contributed by atoms with Gasteiger partial charge in [0.25, 0.3) is 0 Å². The molecule has 4 heteroatoms. The van der Waals surface area contributed by atoms with Gasteiger partial charge < -0.3 is 15.0 Å². The zero-order valence-corrected chi connectivity index (χ0v) is 10.2. The molecular formula is C12H18N2O2. The van der Waals surface area contributed by atoms with E-state index in [4.69, 9.17) is 4.74 Å². The maximum absolute atomic E-state index is 11.1. The van der Waals surface area contributed by atoms with Gasteiger partial charge >= 0.3 is 6.09 Å². The van der Waals surface area contributed by atoms with Crippen LogP contribution in [-0.4, -0.2) is 32.1 Å². The van der Waals surface area contributed by atoms with Crippen molar-refractivity contribution < 1.29 is 9.53 Å². The van der Waals surface area contributed by atoms with Gasteiger partial charge in [0.1, 0.15) is 5.75 Å². The van der Waals surface area contributed by atoms with Crippen LogP contribution in [0.2, 0.25) is 0 Å². The van der Waals surface area contributed by atoms with Gasteiger partial charge in [-0.3, -0.25) is 0 Å². The first-order valence-corrected chi connectivity index (χ1v) is 5.20. The summed E-state index contributed by atoms with van der Waals surface area (Å²) in [7, 11) is 5.56. The van der Waals surface area contributed by atoms with Crippen LogP contribution >= 0.6 is 0 Å². The second-order valence-electron chi connectivity index (χ2n) is 3.85. The fraction of sp³-hybridized carbons (Fsp3) is 0.417. The molecule has 0 saturated heterocycles. The largest absolute Gasteiger partial charge is 0.412 e. The van der Waals surface area contributed by atoms with E-state index in [9.17, 15) is 4.79 Å². The van der Waals surface area contributed by atoms with E-state index in [-0.39, 0.29) is 6.04 Å². The van der Waals surface area contributed by atoms with E-state index >= 15 is 0 Å². The Hall–Kier alpha value is -1.55. The summed E-state index contributed by atoms with van der Waals surface area (Å²) >= 11 is 0. The highest BCUT2D eigenvalue weighted by Gasteiger charge is 2.09. The van der Waals surface area contributed by atoms with Gasteiger partial charge in [-0.15, -0.1) is 0 Å². The van der Waals surface area contributed by atoms with Gasteiger partial charge in [0.05, 0.1) is 0 Å². The molecule has 1 N–H and O–H groups in total. The zero-order valence-electron chi connectivity index (χ0n) is 10.2. The van der Waals surface area contributed by atoms with Gasteiger partial charge in [0.15, 0.2) is 0 Å². The number of nitrogens with one attached hydrogen (secondary N) is 1. The summed E-state index contributed by atoms with van der Waals surface area (Å²) < 4.78 is 5.07. The maximum Gasteiger partial charge on any atom is 0.412 e. The molecule has 88 valence electrons. The number of rotatable bonds is 3. The molecule has 0 saturated carbocycles. The third kappa shape index (κ3) is 3.24. The van der Waals surface area contributed by atoms with Crippen LogP contribution in [0.3, 0.4) is 0 Å². The van der Waals surface area contributed by atoms with Gasteiger partial charge in [0.2, 0.25) is 0 Å². The van der Waals surface area contributed by atoms with Crippen LogP contribution in [-0.2, 0) is 0 Å². The summed E-state index contributed by atoms with van der Waals surface area (Å²) in [5.74, 6) is 0.561. The Labute approximate surface area is 96.2 Å². The molecule has 1 amide bonds. The molecule has 0 fully saturated rings. The molecule has 1 rings (SSSR count). The first-order chi connectivity index (χ1) is 7.54. The molecule has 4 nitrogen and oxygen atoms in total. The molecular weight excluding hydrogens is 204 g/mol. The van der Waals surface area contributed by atoms with E-state index < -0.39 is 6.09 Å². The Bertz CT molecular complexity index is 364. The number of benzene rings is 1. The smallest absolute Gasteiger partial charge is 0.410 e. The van der Waals surface area contributed by atoms with Crippen LogP contribution in [0.5, 0.6) is 5.75 Å². The quantitative estimate of drug-likeness (QED) is 0.850. The van der Waals surface area contributed by atoms with E-state index in [1.54, 1.807) is 6.07 Å². The van der Waals surface area contributed by atoms with Crippen LogP contribution in [0, 0.1) is 0 Å². The standard InChI is InChI=1S/C12H18N2O2/c1-9(14(3)4)10-6-5-7-11(8-10)16-12(15)13-2/h5-9H,1-4H3,(H,13,15)/t9-/m1/s1. The number of hydrogen-bond donors (Lipinski definition) is 1. The fourth-order valence-corrected chi connectivity index (χ4v) is 1.29. The van der Waals surface area contributed by atoms with Gasteiger partial charge in [-0.1, -0.05) is 12.1 Å². The lowest BCUT2D eigenvalue weighted by molar-refractivity contribution is 0.203. The second kappa shape index (κ2) is 5.51. The van der Waals surface area contributed by atoms with Gasteiger partial charge in [0, 0.05) is 13.1 Å². The van der Waals surface area contributed by atoms with Crippen LogP contribution in [0.4, 0.5) is 4.79 Å². The molecule has 0 aliphatic rings. The van der Waals surface area contributed by atoms with Crippen molar-refractivity contribution in [2.45, 2.75) is 13.0 Å². The Balaban J connectivity index is 2.82.